The minimum absolute atomic E-state index is 0.0917. The molecule has 0 amide bonds. The van der Waals surface area contributed by atoms with Crippen LogP contribution >= 0.6 is 0 Å². The van der Waals surface area contributed by atoms with E-state index in [2.05, 4.69) is 14.9 Å². The molecule has 3 heterocycles. The van der Waals surface area contributed by atoms with E-state index in [0.29, 0.717) is 28.7 Å². The molecule has 0 aromatic carbocycles. The SMILES string of the molecule is CCc1nc(C)nc2c1S(=O)(=O)CC1CCCCCN21. The number of fused-ring (bicyclic) bond motifs is 3. The lowest BCUT2D eigenvalue weighted by molar-refractivity contribution is 0.545. The molecule has 0 bridgehead atoms. The molecule has 0 saturated carbocycles. The van der Waals surface area contributed by atoms with E-state index < -0.39 is 9.84 Å². The fourth-order valence-electron chi connectivity index (χ4n) is 3.32. The summed E-state index contributed by atoms with van der Waals surface area (Å²) in [7, 11) is -3.25. The van der Waals surface area contributed by atoms with Gasteiger partial charge in [-0.15, -0.1) is 0 Å². The van der Waals surface area contributed by atoms with Gasteiger partial charge in [0.25, 0.3) is 0 Å². The Balaban J connectivity index is 2.22. The molecule has 1 aromatic rings. The van der Waals surface area contributed by atoms with Gasteiger partial charge in [0.2, 0.25) is 0 Å². The molecular weight excluding hydrogens is 274 g/mol. The zero-order chi connectivity index (χ0) is 14.3. The van der Waals surface area contributed by atoms with Gasteiger partial charge >= 0.3 is 0 Å². The van der Waals surface area contributed by atoms with E-state index in [9.17, 15) is 8.42 Å². The number of nitrogens with zero attached hydrogens (tertiary/aromatic N) is 3. The average molecular weight is 295 g/mol. The van der Waals surface area contributed by atoms with Crippen molar-refractivity contribution in [2.75, 3.05) is 17.2 Å². The van der Waals surface area contributed by atoms with Crippen molar-refractivity contribution in [2.45, 2.75) is 56.9 Å². The van der Waals surface area contributed by atoms with Gasteiger partial charge in [-0.1, -0.05) is 19.8 Å². The Morgan fingerprint density at radius 2 is 2.05 bits per heavy atom. The zero-order valence-electron chi connectivity index (χ0n) is 12.1. The number of anilines is 1. The quantitative estimate of drug-likeness (QED) is 0.791. The first-order valence-corrected chi connectivity index (χ1v) is 9.05. The van der Waals surface area contributed by atoms with Crippen molar-refractivity contribution < 1.29 is 8.42 Å². The van der Waals surface area contributed by atoms with E-state index in [1.807, 2.05) is 13.8 Å². The van der Waals surface area contributed by atoms with Crippen LogP contribution in [0.25, 0.3) is 0 Å². The third kappa shape index (κ3) is 2.20. The molecule has 6 heteroatoms. The van der Waals surface area contributed by atoms with Gasteiger partial charge in [0.15, 0.2) is 15.7 Å². The number of sulfone groups is 1. The largest absolute Gasteiger partial charge is 0.351 e. The Morgan fingerprint density at radius 3 is 2.80 bits per heavy atom. The normalized spacial score (nSPS) is 24.7. The first-order chi connectivity index (χ1) is 9.53. The second-order valence-electron chi connectivity index (χ2n) is 5.70. The number of rotatable bonds is 1. The van der Waals surface area contributed by atoms with Gasteiger partial charge in [-0.3, -0.25) is 0 Å². The summed E-state index contributed by atoms with van der Waals surface area (Å²) in [6.45, 7) is 4.70. The summed E-state index contributed by atoms with van der Waals surface area (Å²) < 4.78 is 25.2. The topological polar surface area (TPSA) is 63.2 Å². The van der Waals surface area contributed by atoms with Crippen molar-refractivity contribution in [2.24, 2.45) is 0 Å². The number of hydrogen-bond acceptors (Lipinski definition) is 5. The molecule has 0 spiro atoms. The summed E-state index contributed by atoms with van der Waals surface area (Å²) in [5.74, 6) is 1.55. The standard InChI is InChI=1S/C14H21N3O2S/c1-3-12-13-14(16-10(2)15-12)17-8-6-4-5-7-11(17)9-20(13,18)19/h11H,3-9H2,1-2H3. The average Bonchev–Trinajstić information content (AvgIpc) is 2.62. The highest BCUT2D eigenvalue weighted by Crippen LogP contribution is 2.36. The predicted octanol–water partition coefficient (Wildman–Crippen LogP) is 1.88. The van der Waals surface area contributed by atoms with E-state index in [1.165, 1.54) is 6.42 Å². The van der Waals surface area contributed by atoms with Crippen molar-refractivity contribution in [3.05, 3.63) is 11.5 Å². The van der Waals surface area contributed by atoms with Crippen LogP contribution in [-0.2, 0) is 16.3 Å². The van der Waals surface area contributed by atoms with Crippen molar-refractivity contribution in [1.82, 2.24) is 9.97 Å². The van der Waals surface area contributed by atoms with Crippen molar-refractivity contribution >= 4 is 15.7 Å². The van der Waals surface area contributed by atoms with Crippen LogP contribution in [-0.4, -0.2) is 36.7 Å². The second-order valence-corrected chi connectivity index (χ2v) is 7.67. The predicted molar refractivity (Wildman–Crippen MR) is 77.8 cm³/mol. The minimum atomic E-state index is -3.25. The minimum Gasteiger partial charge on any atom is -0.351 e. The molecule has 0 radical (unpaired) electrons. The van der Waals surface area contributed by atoms with Gasteiger partial charge in [-0.2, -0.15) is 0 Å². The van der Waals surface area contributed by atoms with Crippen LogP contribution in [0.2, 0.25) is 0 Å². The summed E-state index contributed by atoms with van der Waals surface area (Å²) in [4.78, 5) is 11.4. The van der Waals surface area contributed by atoms with Crippen LogP contribution in [0.1, 0.15) is 44.1 Å². The number of hydrogen-bond donors (Lipinski definition) is 0. The lowest BCUT2D eigenvalue weighted by atomic mass is 10.1. The third-order valence-corrected chi connectivity index (χ3v) is 6.10. The number of aromatic nitrogens is 2. The van der Waals surface area contributed by atoms with Crippen LogP contribution in [0, 0.1) is 6.92 Å². The lowest BCUT2D eigenvalue weighted by Crippen LogP contribution is -2.45. The highest BCUT2D eigenvalue weighted by molar-refractivity contribution is 7.91. The summed E-state index contributed by atoms with van der Waals surface area (Å²) >= 11 is 0. The molecule has 20 heavy (non-hydrogen) atoms. The molecule has 3 rings (SSSR count). The van der Waals surface area contributed by atoms with Crippen LogP contribution in [0.4, 0.5) is 5.82 Å². The Kier molecular flexibility index (Phi) is 3.44. The smallest absolute Gasteiger partial charge is 0.185 e. The van der Waals surface area contributed by atoms with Gasteiger partial charge in [-0.25, -0.2) is 18.4 Å². The van der Waals surface area contributed by atoms with E-state index in [4.69, 9.17) is 0 Å². The Hall–Kier alpha value is -1.17. The molecule has 1 unspecified atom stereocenters. The zero-order valence-corrected chi connectivity index (χ0v) is 12.9. The molecule has 1 saturated heterocycles. The molecule has 2 aliphatic rings. The van der Waals surface area contributed by atoms with Crippen LogP contribution in [0.3, 0.4) is 0 Å². The van der Waals surface area contributed by atoms with Gasteiger partial charge in [-0.05, 0) is 26.2 Å². The summed E-state index contributed by atoms with van der Waals surface area (Å²) in [6, 6.07) is 0.0917. The summed E-state index contributed by atoms with van der Waals surface area (Å²) in [5, 5.41) is 0. The first-order valence-electron chi connectivity index (χ1n) is 7.40. The highest BCUT2D eigenvalue weighted by Gasteiger charge is 2.39. The van der Waals surface area contributed by atoms with Crippen LogP contribution in [0.15, 0.2) is 4.90 Å². The lowest BCUT2D eigenvalue weighted by Gasteiger charge is -2.36. The van der Waals surface area contributed by atoms with E-state index in [-0.39, 0.29) is 11.8 Å². The molecule has 110 valence electrons. The fraction of sp³-hybridized carbons (Fsp3) is 0.714. The van der Waals surface area contributed by atoms with Crippen LogP contribution < -0.4 is 4.90 Å². The van der Waals surface area contributed by atoms with E-state index >= 15 is 0 Å². The molecule has 1 aromatic heterocycles. The summed E-state index contributed by atoms with van der Waals surface area (Å²) in [5.41, 5.74) is 0.676. The molecule has 2 aliphatic heterocycles. The van der Waals surface area contributed by atoms with Gasteiger partial charge in [0, 0.05) is 12.6 Å². The highest BCUT2D eigenvalue weighted by atomic mass is 32.2. The van der Waals surface area contributed by atoms with Crippen molar-refractivity contribution in [1.29, 1.82) is 0 Å². The van der Waals surface area contributed by atoms with Gasteiger partial charge in [0.1, 0.15) is 10.7 Å². The van der Waals surface area contributed by atoms with Crippen molar-refractivity contribution in [3.8, 4) is 0 Å². The molecule has 0 aliphatic carbocycles. The molecule has 0 N–H and O–H groups in total. The van der Waals surface area contributed by atoms with Crippen LogP contribution in [0.5, 0.6) is 0 Å². The maximum atomic E-state index is 12.6. The Bertz CT molecular complexity index is 628. The number of aryl methyl sites for hydroxylation is 2. The third-order valence-electron chi connectivity index (χ3n) is 4.24. The molecule has 1 fully saturated rings. The Morgan fingerprint density at radius 1 is 1.25 bits per heavy atom. The summed E-state index contributed by atoms with van der Waals surface area (Å²) in [6.07, 6.45) is 4.97. The molecule has 5 nitrogen and oxygen atoms in total. The Labute approximate surface area is 120 Å². The second kappa shape index (κ2) is 4.98. The first kappa shape index (κ1) is 13.8. The van der Waals surface area contributed by atoms with Gasteiger partial charge in [0.05, 0.1) is 11.4 Å². The van der Waals surface area contributed by atoms with Gasteiger partial charge < -0.3 is 4.90 Å². The molecular formula is C14H21N3O2S. The maximum absolute atomic E-state index is 12.6. The van der Waals surface area contributed by atoms with E-state index in [0.717, 1.165) is 25.8 Å². The fourth-order valence-corrected chi connectivity index (χ4v) is 5.33. The maximum Gasteiger partial charge on any atom is 0.185 e. The monoisotopic (exact) mass is 295 g/mol. The van der Waals surface area contributed by atoms with E-state index in [1.54, 1.807) is 0 Å². The van der Waals surface area contributed by atoms with Crippen molar-refractivity contribution in [3.63, 3.8) is 0 Å². The molecule has 1 atom stereocenters.